The Kier molecular flexibility index (Phi) is 4.16. The molecular formula is C10H19I2NO. The molecule has 1 N–H and O–H groups in total. The number of hydrogen-bond acceptors (Lipinski definition) is 2. The van der Waals surface area contributed by atoms with E-state index in [1.807, 2.05) is 0 Å². The molecule has 2 atom stereocenters. The van der Waals surface area contributed by atoms with Crippen molar-refractivity contribution in [3.05, 3.63) is 0 Å². The van der Waals surface area contributed by atoms with Crippen LogP contribution in [-0.2, 0) is 0 Å². The molecule has 0 radical (unpaired) electrons. The molecule has 0 spiro atoms. The second-order valence-electron chi connectivity index (χ2n) is 5.14. The standard InChI is InChI=1S/C10H19I2NO/c1-9(2)7(5-11)8(6-12)10(3,4)13(9)14/h7-8,14H,5-6H2,1-4H3. The van der Waals surface area contributed by atoms with Crippen molar-refractivity contribution in [2.75, 3.05) is 8.86 Å². The third-order valence-electron chi connectivity index (χ3n) is 3.72. The normalized spacial score (nSPS) is 36.2. The second-order valence-corrected chi connectivity index (χ2v) is 6.90. The Balaban J connectivity index is 3.07. The number of alkyl halides is 2. The molecular weight excluding hydrogens is 404 g/mol. The van der Waals surface area contributed by atoms with Gasteiger partial charge in [0.15, 0.2) is 0 Å². The summed E-state index contributed by atoms with van der Waals surface area (Å²) in [5.74, 6) is 1.14. The van der Waals surface area contributed by atoms with Gasteiger partial charge in [0.2, 0.25) is 0 Å². The Morgan fingerprint density at radius 1 is 1.00 bits per heavy atom. The lowest BCUT2D eigenvalue weighted by Gasteiger charge is -2.36. The monoisotopic (exact) mass is 423 g/mol. The first-order valence-electron chi connectivity index (χ1n) is 4.91. The van der Waals surface area contributed by atoms with E-state index in [2.05, 4.69) is 72.9 Å². The average molecular weight is 423 g/mol. The zero-order valence-electron chi connectivity index (χ0n) is 9.22. The predicted molar refractivity (Wildman–Crippen MR) is 76.5 cm³/mol. The highest BCUT2D eigenvalue weighted by atomic mass is 127. The van der Waals surface area contributed by atoms with Crippen LogP contribution in [0.4, 0.5) is 0 Å². The molecule has 0 amide bonds. The van der Waals surface area contributed by atoms with Crippen molar-refractivity contribution >= 4 is 45.2 Å². The molecule has 0 aliphatic carbocycles. The van der Waals surface area contributed by atoms with Crippen LogP contribution in [0.5, 0.6) is 0 Å². The van der Waals surface area contributed by atoms with Crippen molar-refractivity contribution in [2.45, 2.75) is 38.8 Å². The SMILES string of the molecule is CC1(C)C(CI)C(CI)C(C)(C)N1O. The maximum atomic E-state index is 10.2. The summed E-state index contributed by atoms with van der Waals surface area (Å²) in [6.07, 6.45) is 0. The fraction of sp³-hybridized carbons (Fsp3) is 1.00. The summed E-state index contributed by atoms with van der Waals surface area (Å²) in [6.45, 7) is 8.57. The Hall–Kier alpha value is 1.38. The van der Waals surface area contributed by atoms with Gasteiger partial charge in [0.1, 0.15) is 0 Å². The van der Waals surface area contributed by atoms with E-state index in [1.54, 1.807) is 5.06 Å². The minimum absolute atomic E-state index is 0.0967. The van der Waals surface area contributed by atoms with Gasteiger partial charge in [-0.25, -0.2) is 0 Å². The molecule has 1 fully saturated rings. The largest absolute Gasteiger partial charge is 0.313 e. The summed E-state index contributed by atoms with van der Waals surface area (Å²) < 4.78 is 2.22. The lowest BCUT2D eigenvalue weighted by atomic mass is 9.80. The van der Waals surface area contributed by atoms with Crippen molar-refractivity contribution in [3.63, 3.8) is 0 Å². The van der Waals surface area contributed by atoms with Crippen molar-refractivity contribution in [1.29, 1.82) is 0 Å². The van der Waals surface area contributed by atoms with E-state index >= 15 is 0 Å². The van der Waals surface area contributed by atoms with E-state index in [1.165, 1.54) is 0 Å². The lowest BCUT2D eigenvalue weighted by molar-refractivity contribution is -0.198. The molecule has 4 heteroatoms. The smallest absolute Gasteiger partial charge is 0.0449 e. The highest BCUT2D eigenvalue weighted by molar-refractivity contribution is 14.1. The van der Waals surface area contributed by atoms with Gasteiger partial charge in [0.25, 0.3) is 0 Å². The van der Waals surface area contributed by atoms with Gasteiger partial charge in [0.05, 0.1) is 0 Å². The Morgan fingerprint density at radius 3 is 1.50 bits per heavy atom. The van der Waals surface area contributed by atoms with Crippen LogP contribution in [0.2, 0.25) is 0 Å². The molecule has 84 valence electrons. The van der Waals surface area contributed by atoms with Crippen LogP contribution in [0.3, 0.4) is 0 Å². The first-order valence-corrected chi connectivity index (χ1v) is 7.96. The quantitative estimate of drug-likeness (QED) is 0.544. The van der Waals surface area contributed by atoms with Crippen LogP contribution >= 0.6 is 45.2 Å². The third kappa shape index (κ3) is 1.84. The molecule has 1 aliphatic rings. The Morgan fingerprint density at radius 2 is 1.29 bits per heavy atom. The molecule has 1 aliphatic heterocycles. The van der Waals surface area contributed by atoms with Gasteiger partial charge in [-0.1, -0.05) is 45.2 Å². The van der Waals surface area contributed by atoms with E-state index in [-0.39, 0.29) is 11.1 Å². The van der Waals surface area contributed by atoms with Gasteiger partial charge in [-0.05, 0) is 39.5 Å². The topological polar surface area (TPSA) is 23.5 Å². The van der Waals surface area contributed by atoms with Crippen molar-refractivity contribution in [2.24, 2.45) is 11.8 Å². The van der Waals surface area contributed by atoms with Gasteiger partial charge in [-0.2, -0.15) is 5.06 Å². The van der Waals surface area contributed by atoms with E-state index in [0.29, 0.717) is 11.8 Å². The van der Waals surface area contributed by atoms with Crippen molar-refractivity contribution in [1.82, 2.24) is 5.06 Å². The van der Waals surface area contributed by atoms with E-state index in [0.717, 1.165) is 8.86 Å². The minimum atomic E-state index is -0.0967. The summed E-state index contributed by atoms with van der Waals surface area (Å²) in [4.78, 5) is 0. The third-order valence-corrected chi connectivity index (χ3v) is 5.62. The number of rotatable bonds is 2. The summed E-state index contributed by atoms with van der Waals surface area (Å²) in [7, 11) is 0. The second kappa shape index (κ2) is 4.33. The number of halogens is 2. The molecule has 1 rings (SSSR count). The lowest BCUT2D eigenvalue weighted by Crippen LogP contribution is -2.48. The molecule has 0 saturated carbocycles. The zero-order valence-corrected chi connectivity index (χ0v) is 13.5. The molecule has 0 aromatic rings. The Labute approximate surface area is 114 Å². The zero-order chi connectivity index (χ0) is 11.1. The first kappa shape index (κ1) is 13.4. The molecule has 0 aromatic carbocycles. The van der Waals surface area contributed by atoms with Crippen LogP contribution < -0.4 is 0 Å². The van der Waals surface area contributed by atoms with Crippen LogP contribution in [-0.4, -0.2) is 30.2 Å². The van der Waals surface area contributed by atoms with Crippen molar-refractivity contribution in [3.8, 4) is 0 Å². The fourth-order valence-electron chi connectivity index (χ4n) is 2.63. The van der Waals surface area contributed by atoms with Crippen LogP contribution in [0.25, 0.3) is 0 Å². The molecule has 14 heavy (non-hydrogen) atoms. The highest BCUT2D eigenvalue weighted by Gasteiger charge is 2.56. The van der Waals surface area contributed by atoms with E-state index < -0.39 is 0 Å². The van der Waals surface area contributed by atoms with Crippen LogP contribution in [0.1, 0.15) is 27.7 Å². The minimum Gasteiger partial charge on any atom is -0.313 e. The fourth-order valence-corrected chi connectivity index (χ4v) is 6.02. The van der Waals surface area contributed by atoms with Gasteiger partial charge in [0, 0.05) is 19.9 Å². The predicted octanol–water partition coefficient (Wildman–Crippen LogP) is 3.35. The summed E-state index contributed by atoms with van der Waals surface area (Å²) in [5, 5.41) is 11.8. The highest BCUT2D eigenvalue weighted by Crippen LogP contribution is 2.49. The van der Waals surface area contributed by atoms with Gasteiger partial charge < -0.3 is 5.21 Å². The maximum absolute atomic E-state index is 10.2. The van der Waals surface area contributed by atoms with Crippen LogP contribution in [0.15, 0.2) is 0 Å². The molecule has 2 unspecified atom stereocenters. The van der Waals surface area contributed by atoms with Crippen LogP contribution in [0, 0.1) is 11.8 Å². The van der Waals surface area contributed by atoms with E-state index in [4.69, 9.17) is 0 Å². The van der Waals surface area contributed by atoms with E-state index in [9.17, 15) is 5.21 Å². The number of hydrogen-bond donors (Lipinski definition) is 1. The number of hydroxylamine groups is 2. The summed E-state index contributed by atoms with van der Waals surface area (Å²) in [6, 6.07) is 0. The summed E-state index contributed by atoms with van der Waals surface area (Å²) >= 11 is 4.88. The van der Waals surface area contributed by atoms with Crippen molar-refractivity contribution < 1.29 is 5.21 Å². The molecule has 0 aromatic heterocycles. The molecule has 1 heterocycles. The van der Waals surface area contributed by atoms with Gasteiger partial charge >= 0.3 is 0 Å². The molecule has 2 nitrogen and oxygen atoms in total. The maximum Gasteiger partial charge on any atom is 0.0449 e. The number of nitrogens with zero attached hydrogens (tertiary/aromatic N) is 1. The summed E-state index contributed by atoms with van der Waals surface area (Å²) in [5.41, 5.74) is -0.193. The Bertz CT molecular complexity index is 196. The van der Waals surface area contributed by atoms with Gasteiger partial charge in [-0.15, -0.1) is 0 Å². The average Bonchev–Trinajstić information content (AvgIpc) is 2.22. The molecule has 0 bridgehead atoms. The first-order chi connectivity index (χ1) is 6.30. The van der Waals surface area contributed by atoms with Gasteiger partial charge in [-0.3, -0.25) is 0 Å². The molecule has 1 saturated heterocycles.